The Bertz CT molecular complexity index is 5750. The van der Waals surface area contributed by atoms with Gasteiger partial charge in [0.25, 0.3) is 0 Å². The molecule has 0 fully saturated rings. The lowest BCUT2D eigenvalue weighted by Crippen LogP contribution is -2.22. The van der Waals surface area contributed by atoms with Crippen LogP contribution in [0.2, 0.25) is 0 Å². The van der Waals surface area contributed by atoms with Gasteiger partial charge in [-0.05, 0) is 171 Å². The van der Waals surface area contributed by atoms with Crippen LogP contribution in [0.15, 0.2) is 394 Å². The molecule has 0 saturated carbocycles. The van der Waals surface area contributed by atoms with Gasteiger partial charge >= 0.3 is 71.6 Å². The van der Waals surface area contributed by atoms with Gasteiger partial charge in [0.15, 0.2) is 0 Å². The number of benzene rings is 12. The van der Waals surface area contributed by atoms with Crippen LogP contribution in [-0.2, 0) is 80.8 Å². The SMILES string of the molecule is CC(CO)OC(=O)c1ccccc1.CC(COC(=O)c1ccccc1)OC(=O)c1ccccc1.CC(O)COC(=O)/C=C/c1ccccc1.CC(O)COC(=O)c1ccccc1.O=C(/C=C/c1ccccc1)OCCCO.O=C(/C=C/c1ccccc1)OCCO.O=C(/C=C/c1ccccc1)OCCOC(=O)/C=C/c1ccccc1.O=C(OCCCO)c1ccccc1.O=C(OCCCOC(=O)c1ccccc1)c1ccccc1. The summed E-state index contributed by atoms with van der Waals surface area (Å²) in [6, 6.07) is 108. The van der Waals surface area contributed by atoms with Crippen molar-refractivity contribution in [1.29, 1.82) is 0 Å². The zero-order valence-corrected chi connectivity index (χ0v) is 83.2. The summed E-state index contributed by atoms with van der Waals surface area (Å²) >= 11 is 0. The van der Waals surface area contributed by atoms with E-state index in [1.54, 1.807) is 228 Å². The number of carbonyl (C=O) groups is 12. The molecule has 4 unspecified atom stereocenters. The van der Waals surface area contributed by atoms with Crippen molar-refractivity contribution in [3.63, 3.8) is 0 Å². The van der Waals surface area contributed by atoms with Crippen molar-refractivity contribution in [2.45, 2.75) is 71.4 Å². The summed E-state index contributed by atoms with van der Waals surface area (Å²) in [6.07, 6.45) is 14.3. The van der Waals surface area contributed by atoms with Gasteiger partial charge in [-0.1, -0.05) is 279 Å². The van der Waals surface area contributed by atoms with Gasteiger partial charge in [0, 0.05) is 62.9 Å². The Balaban J connectivity index is 0.000000352. The largest absolute Gasteiger partial charge is 0.462 e. The summed E-state index contributed by atoms with van der Waals surface area (Å²) in [7, 11) is 0. The van der Waals surface area contributed by atoms with Gasteiger partial charge in [0.05, 0.1) is 90.8 Å². The topological polar surface area (TPSA) is 437 Å². The summed E-state index contributed by atoms with van der Waals surface area (Å²) in [6.45, 7) is 7.35. The maximum absolute atomic E-state index is 11.8. The van der Waals surface area contributed by atoms with Gasteiger partial charge in [0.2, 0.25) is 0 Å². The minimum atomic E-state index is -0.626. The van der Waals surface area contributed by atoms with Crippen LogP contribution in [0.25, 0.3) is 30.4 Å². The van der Waals surface area contributed by atoms with Crippen LogP contribution in [0.3, 0.4) is 0 Å². The summed E-state index contributed by atoms with van der Waals surface area (Å²) in [4.78, 5) is 137. The molecule has 782 valence electrons. The number of hydrogen-bond donors (Lipinski definition) is 6. The molecule has 12 aromatic rings. The van der Waals surface area contributed by atoms with Gasteiger partial charge in [0.1, 0.15) is 51.8 Å². The normalized spacial score (nSPS) is 11.0. The minimum Gasteiger partial charge on any atom is -0.462 e. The second kappa shape index (κ2) is 80.1. The molecule has 4 atom stereocenters. The van der Waals surface area contributed by atoms with Crippen LogP contribution in [0, 0.1) is 0 Å². The van der Waals surface area contributed by atoms with E-state index >= 15 is 0 Å². The first-order valence-corrected chi connectivity index (χ1v) is 47.2. The highest BCUT2D eigenvalue weighted by Gasteiger charge is 2.17. The Morgan fingerprint density at radius 3 is 0.644 bits per heavy atom. The monoisotopic (exact) mass is 2030 g/mol. The first-order valence-electron chi connectivity index (χ1n) is 47.2. The molecule has 0 aliphatic heterocycles. The Hall–Kier alpha value is -17.3. The quantitative estimate of drug-likeness (QED) is 0.00897. The molecule has 0 aliphatic rings. The van der Waals surface area contributed by atoms with Crippen LogP contribution >= 0.6 is 0 Å². The van der Waals surface area contributed by atoms with Crippen LogP contribution in [0.5, 0.6) is 0 Å². The van der Waals surface area contributed by atoms with E-state index in [4.69, 9.17) is 82.7 Å². The number of ether oxygens (including phenoxy) is 12. The fourth-order valence-corrected chi connectivity index (χ4v) is 10.8. The standard InChI is InChI=1S/C20H18O4.2C17H16O4.2C12H14O3.C11H12O3.3C10H12O3/c21-19(13-11-17-7-3-1-4-8-17)23-15-16-24-20(22)14-12-18-9-5-2-6-10-18;1-13(21-17(19)15-10-6-3-7-11-15)12-20-16(18)14-8-4-2-5-9-14;18-16(14-8-3-1-4-9-14)20-12-7-13-21-17(19)15-10-5-2-6-11-15;1-10(13)9-15-12(14)8-7-11-5-3-2-4-6-11;13-9-4-10-15-12(14)8-7-11-5-2-1-3-6-11;12-8-9-14-11(13)7-6-10-4-2-1-3-5-10;1-8(11)7-13-10(12)9-5-3-2-4-6-9;1-8(7-11)13-10(12)9-5-3-2-4-6-9;11-7-4-8-13-10(12)9-5-2-1-3-6-9/h1-14H,15-16H2;2-11,13H,12H2,1H3;1-6,8-11H,7,12-13H2;2-8,10,13H,9H2,1H3;1-3,5-8,13H,4,9-10H2;1-7,12H,8-9H2;2*2-6,8,11H,7H2,1H3;1-3,5-6,11H,4,7-8H2/b13-11+,14-12+;;;2*8-7+;7-6+;;;. The van der Waals surface area contributed by atoms with Crippen LogP contribution in [0.4, 0.5) is 0 Å². The lowest BCUT2D eigenvalue weighted by atomic mass is 10.2. The molecule has 149 heavy (non-hydrogen) atoms. The van der Waals surface area contributed by atoms with Crippen LogP contribution < -0.4 is 0 Å². The molecular weight excluding hydrogens is 1910 g/mol. The molecule has 0 aliphatic carbocycles. The molecule has 0 aromatic heterocycles. The second-order valence-electron chi connectivity index (χ2n) is 30.7. The lowest BCUT2D eigenvalue weighted by molar-refractivity contribution is -0.145. The Labute approximate surface area is 867 Å². The molecular formula is C119H126O30. The molecule has 6 N–H and O–H groups in total. The fraction of sp³-hybridized carbons (Fsp3) is 0.210. The van der Waals surface area contributed by atoms with E-state index in [2.05, 4.69) is 4.74 Å². The van der Waals surface area contributed by atoms with E-state index in [0.717, 1.165) is 27.8 Å². The van der Waals surface area contributed by atoms with E-state index in [9.17, 15) is 57.5 Å². The maximum Gasteiger partial charge on any atom is 0.338 e. The average Bonchev–Trinajstić information content (AvgIpc) is 0.862. The third-order valence-corrected chi connectivity index (χ3v) is 18.1. The number of esters is 12. The molecule has 30 nitrogen and oxygen atoms in total. The van der Waals surface area contributed by atoms with E-state index in [1.807, 2.05) is 194 Å². The highest BCUT2D eigenvalue weighted by Crippen LogP contribution is 2.14. The number of carbonyl (C=O) groups excluding carboxylic acids is 12. The van der Waals surface area contributed by atoms with Crippen molar-refractivity contribution in [1.82, 2.24) is 0 Å². The van der Waals surface area contributed by atoms with Crippen molar-refractivity contribution in [3.8, 4) is 0 Å². The zero-order valence-electron chi connectivity index (χ0n) is 83.2. The molecule has 0 saturated heterocycles. The van der Waals surface area contributed by atoms with E-state index in [1.165, 1.54) is 30.4 Å². The summed E-state index contributed by atoms with van der Waals surface area (Å²) in [5, 5.41) is 51.7. The van der Waals surface area contributed by atoms with Gasteiger partial charge in [-0.2, -0.15) is 0 Å². The van der Waals surface area contributed by atoms with E-state index in [-0.39, 0.29) is 116 Å². The third kappa shape index (κ3) is 62.8. The number of hydrogen-bond acceptors (Lipinski definition) is 30. The molecule has 0 amide bonds. The summed E-state index contributed by atoms with van der Waals surface area (Å²) in [5.74, 6) is -4.97. The summed E-state index contributed by atoms with van der Waals surface area (Å²) in [5.41, 5.74) is 8.16. The Morgan fingerprint density at radius 1 is 0.208 bits per heavy atom. The maximum atomic E-state index is 11.8. The molecule has 12 rings (SSSR count). The predicted octanol–water partition coefficient (Wildman–Crippen LogP) is 17.8. The van der Waals surface area contributed by atoms with E-state index < -0.39 is 72.2 Å². The molecule has 12 aromatic carbocycles. The van der Waals surface area contributed by atoms with Crippen molar-refractivity contribution in [2.75, 3.05) is 92.5 Å². The average molecular weight is 2040 g/mol. The summed E-state index contributed by atoms with van der Waals surface area (Å²) < 4.78 is 59.2. The van der Waals surface area contributed by atoms with Crippen LogP contribution in [0.1, 0.15) is 147 Å². The molecule has 0 heterocycles. The molecule has 0 spiro atoms. The van der Waals surface area contributed by atoms with Crippen molar-refractivity contribution < 1.29 is 145 Å². The van der Waals surface area contributed by atoms with Crippen molar-refractivity contribution in [2.24, 2.45) is 0 Å². The van der Waals surface area contributed by atoms with Crippen molar-refractivity contribution >= 4 is 102 Å². The number of aliphatic hydroxyl groups is 6. The minimum absolute atomic E-state index is 0.0167. The molecule has 0 bridgehead atoms. The Kier molecular flexibility index (Phi) is 66.7. The van der Waals surface area contributed by atoms with Crippen LogP contribution in [-0.4, -0.2) is 219 Å². The Morgan fingerprint density at radius 2 is 0.403 bits per heavy atom. The van der Waals surface area contributed by atoms with Gasteiger partial charge < -0.3 is 87.5 Å². The van der Waals surface area contributed by atoms with Crippen molar-refractivity contribution in [3.05, 3.63) is 461 Å². The zero-order chi connectivity index (χ0) is 108. The first kappa shape index (κ1) is 124. The highest BCUT2D eigenvalue weighted by molar-refractivity contribution is 5.94. The number of aliphatic hydroxyl groups excluding tert-OH is 6. The predicted molar refractivity (Wildman–Crippen MR) is 564 cm³/mol. The second-order valence-corrected chi connectivity index (χ2v) is 30.7. The smallest absolute Gasteiger partial charge is 0.338 e. The van der Waals surface area contributed by atoms with Gasteiger partial charge in [-0.25, -0.2) is 57.5 Å². The molecule has 0 radical (unpaired) electrons. The lowest BCUT2D eigenvalue weighted by Gasteiger charge is -2.13. The van der Waals surface area contributed by atoms with Gasteiger partial charge in [-0.3, -0.25) is 0 Å². The molecule has 30 heteroatoms. The number of rotatable bonds is 41. The fourth-order valence-electron chi connectivity index (χ4n) is 10.8. The highest BCUT2D eigenvalue weighted by atomic mass is 16.6. The first-order chi connectivity index (χ1) is 72.3. The third-order valence-electron chi connectivity index (χ3n) is 18.1. The van der Waals surface area contributed by atoms with Gasteiger partial charge in [-0.15, -0.1) is 0 Å². The van der Waals surface area contributed by atoms with E-state index in [0.29, 0.717) is 58.2 Å².